The number of hydrogen-bond acceptors (Lipinski definition) is 5. The highest BCUT2D eigenvalue weighted by atomic mass is 15.4. The predicted molar refractivity (Wildman–Crippen MR) is 107 cm³/mol. The van der Waals surface area contributed by atoms with Crippen LogP contribution in [0.2, 0.25) is 0 Å². The van der Waals surface area contributed by atoms with Crippen molar-refractivity contribution in [3.05, 3.63) is 72.1 Å². The van der Waals surface area contributed by atoms with Crippen LogP contribution < -0.4 is 0 Å². The van der Waals surface area contributed by atoms with Crippen LogP contribution in [-0.2, 0) is 19.9 Å². The normalized spacial score (nSPS) is 11.5. The van der Waals surface area contributed by atoms with Crippen LogP contribution in [0.15, 0.2) is 55.0 Å². The van der Waals surface area contributed by atoms with E-state index >= 15 is 0 Å². The van der Waals surface area contributed by atoms with E-state index in [1.165, 1.54) is 0 Å². The lowest BCUT2D eigenvalue weighted by Gasteiger charge is -2.05. The van der Waals surface area contributed by atoms with E-state index in [4.69, 9.17) is 0 Å². The van der Waals surface area contributed by atoms with Crippen molar-refractivity contribution in [3.63, 3.8) is 0 Å². The van der Waals surface area contributed by atoms with Crippen molar-refractivity contribution in [2.75, 3.05) is 0 Å². The highest BCUT2D eigenvalue weighted by molar-refractivity contribution is 5.84. The minimum atomic E-state index is 0.661. The Morgan fingerprint density at radius 2 is 1.89 bits per heavy atom. The first-order chi connectivity index (χ1) is 13.7. The van der Waals surface area contributed by atoms with Crippen LogP contribution in [0.4, 0.5) is 0 Å². The largest absolute Gasteiger partial charge is 0.275 e. The van der Waals surface area contributed by atoms with Crippen molar-refractivity contribution in [1.29, 1.82) is 0 Å². The minimum Gasteiger partial charge on any atom is -0.275 e. The molecule has 0 aliphatic rings. The Bertz CT molecular complexity index is 1300. The lowest BCUT2D eigenvalue weighted by Crippen LogP contribution is -2.02. The summed E-state index contributed by atoms with van der Waals surface area (Å²) in [4.78, 5) is 4.59. The molecule has 4 heterocycles. The number of pyridine rings is 1. The lowest BCUT2D eigenvalue weighted by molar-refractivity contribution is 0.768. The Morgan fingerprint density at radius 1 is 0.964 bits per heavy atom. The molecule has 0 bridgehead atoms. The quantitative estimate of drug-likeness (QED) is 0.486. The number of aromatic nitrogens is 7. The lowest BCUT2D eigenvalue weighted by atomic mass is 10.0. The Morgan fingerprint density at radius 3 is 2.71 bits per heavy atom. The zero-order chi connectivity index (χ0) is 19.1. The molecule has 0 aliphatic carbocycles. The monoisotopic (exact) mass is 369 g/mol. The first kappa shape index (κ1) is 16.6. The van der Waals surface area contributed by atoms with E-state index in [0.29, 0.717) is 6.42 Å². The van der Waals surface area contributed by atoms with Crippen LogP contribution in [0.5, 0.6) is 0 Å². The van der Waals surface area contributed by atoms with Gasteiger partial charge in [-0.15, -0.1) is 10.2 Å². The van der Waals surface area contributed by atoms with Crippen LogP contribution in [0.25, 0.3) is 27.7 Å². The van der Waals surface area contributed by atoms with Crippen molar-refractivity contribution >= 4 is 16.6 Å². The van der Waals surface area contributed by atoms with E-state index in [2.05, 4.69) is 50.5 Å². The van der Waals surface area contributed by atoms with Crippen molar-refractivity contribution in [2.24, 2.45) is 7.05 Å². The topological polar surface area (TPSA) is 73.8 Å². The smallest absolute Gasteiger partial charge is 0.177 e. The fourth-order valence-electron chi connectivity index (χ4n) is 3.37. The summed E-state index contributed by atoms with van der Waals surface area (Å²) in [5, 5.41) is 18.6. The molecule has 0 N–H and O–H groups in total. The third-order valence-electron chi connectivity index (χ3n) is 4.89. The molecule has 1 aromatic carbocycles. The summed E-state index contributed by atoms with van der Waals surface area (Å²) >= 11 is 0. The van der Waals surface area contributed by atoms with Gasteiger partial charge < -0.3 is 0 Å². The minimum absolute atomic E-state index is 0.661. The van der Waals surface area contributed by atoms with Crippen molar-refractivity contribution in [1.82, 2.24) is 34.6 Å². The molecule has 0 amide bonds. The van der Waals surface area contributed by atoms with E-state index in [0.717, 1.165) is 51.2 Å². The second-order valence-electron chi connectivity index (χ2n) is 6.89. The van der Waals surface area contributed by atoms with Gasteiger partial charge in [-0.2, -0.15) is 14.7 Å². The molecule has 0 saturated heterocycles. The van der Waals surface area contributed by atoms with Gasteiger partial charge in [-0.25, -0.2) is 0 Å². The molecule has 7 heteroatoms. The molecule has 28 heavy (non-hydrogen) atoms. The fraction of sp³-hybridized carbons (Fsp3) is 0.190. The van der Waals surface area contributed by atoms with Gasteiger partial charge in [0.1, 0.15) is 0 Å². The first-order valence-electron chi connectivity index (χ1n) is 9.27. The van der Waals surface area contributed by atoms with E-state index in [1.807, 2.05) is 48.4 Å². The van der Waals surface area contributed by atoms with Crippen LogP contribution in [0.1, 0.15) is 24.0 Å². The summed E-state index contributed by atoms with van der Waals surface area (Å²) < 4.78 is 3.64. The van der Waals surface area contributed by atoms with Gasteiger partial charge in [-0.3, -0.25) is 9.67 Å². The Balaban J connectivity index is 1.52. The van der Waals surface area contributed by atoms with E-state index in [-0.39, 0.29) is 0 Å². The van der Waals surface area contributed by atoms with Gasteiger partial charge in [0.25, 0.3) is 0 Å². The average Bonchev–Trinajstić information content (AvgIpc) is 3.33. The molecule has 138 valence electrons. The van der Waals surface area contributed by atoms with Crippen LogP contribution >= 0.6 is 0 Å². The molecule has 0 fully saturated rings. The van der Waals surface area contributed by atoms with Crippen LogP contribution in [0, 0.1) is 0 Å². The molecule has 0 aliphatic heterocycles. The molecule has 0 atom stereocenters. The summed E-state index contributed by atoms with van der Waals surface area (Å²) in [7, 11) is 1.91. The number of aryl methyl sites for hydroxylation is 2. The molecular formula is C21H19N7. The molecular weight excluding hydrogens is 350 g/mol. The van der Waals surface area contributed by atoms with Crippen molar-refractivity contribution < 1.29 is 0 Å². The van der Waals surface area contributed by atoms with E-state index in [9.17, 15) is 0 Å². The van der Waals surface area contributed by atoms with Crippen LogP contribution in [-0.4, -0.2) is 34.6 Å². The number of hydrogen-bond donors (Lipinski definition) is 0. The number of rotatable bonds is 4. The maximum Gasteiger partial charge on any atom is 0.177 e. The second kappa shape index (κ2) is 6.53. The van der Waals surface area contributed by atoms with Gasteiger partial charge in [0.05, 0.1) is 17.4 Å². The molecule has 5 rings (SSSR count). The van der Waals surface area contributed by atoms with Crippen molar-refractivity contribution in [2.45, 2.75) is 19.8 Å². The zero-order valence-corrected chi connectivity index (χ0v) is 15.7. The Hall–Kier alpha value is -3.61. The summed E-state index contributed by atoms with van der Waals surface area (Å²) in [6.45, 7) is 2.09. The van der Waals surface area contributed by atoms with Gasteiger partial charge in [0.15, 0.2) is 11.5 Å². The molecule has 7 nitrogen and oxygen atoms in total. The summed E-state index contributed by atoms with van der Waals surface area (Å²) in [6.07, 6.45) is 7.28. The van der Waals surface area contributed by atoms with Crippen molar-refractivity contribution in [3.8, 4) is 11.1 Å². The van der Waals surface area contributed by atoms with Gasteiger partial charge in [-0.1, -0.05) is 13.0 Å². The second-order valence-corrected chi connectivity index (χ2v) is 6.89. The first-order valence-corrected chi connectivity index (χ1v) is 9.27. The SMILES string of the molecule is CCc1ccc2nnc(Cc3ccc4ncc(-c5cnn(C)c5)cc4c3)n2n1. The van der Waals surface area contributed by atoms with Gasteiger partial charge in [-0.05, 0) is 42.3 Å². The van der Waals surface area contributed by atoms with Gasteiger partial charge in [0.2, 0.25) is 0 Å². The molecule has 0 spiro atoms. The average molecular weight is 369 g/mol. The maximum absolute atomic E-state index is 4.64. The summed E-state index contributed by atoms with van der Waals surface area (Å²) in [5.41, 5.74) is 6.03. The van der Waals surface area contributed by atoms with Crippen LogP contribution in [0.3, 0.4) is 0 Å². The molecule has 5 aromatic rings. The third kappa shape index (κ3) is 2.90. The molecule has 4 aromatic heterocycles. The highest BCUT2D eigenvalue weighted by Crippen LogP contribution is 2.23. The van der Waals surface area contributed by atoms with Gasteiger partial charge >= 0.3 is 0 Å². The Kier molecular flexibility index (Phi) is 3.86. The molecule has 0 radical (unpaired) electrons. The highest BCUT2D eigenvalue weighted by Gasteiger charge is 2.10. The molecule has 0 unspecified atom stereocenters. The van der Waals surface area contributed by atoms with E-state index < -0.39 is 0 Å². The number of fused-ring (bicyclic) bond motifs is 2. The standard InChI is InChI=1S/C21H19N7/c1-3-18-5-7-20-24-25-21(28(20)26-18)9-14-4-6-19-15(8-14)10-16(11-22-19)17-12-23-27(2)13-17/h4-8,10-13H,3,9H2,1-2H3. The molecule has 0 saturated carbocycles. The zero-order valence-electron chi connectivity index (χ0n) is 15.7. The van der Waals surface area contributed by atoms with Gasteiger partial charge in [0, 0.05) is 42.4 Å². The third-order valence-corrected chi connectivity index (χ3v) is 4.89. The Labute approximate surface area is 161 Å². The predicted octanol–water partition coefficient (Wildman–Crippen LogP) is 3.23. The fourth-order valence-corrected chi connectivity index (χ4v) is 3.37. The maximum atomic E-state index is 4.64. The number of benzene rings is 1. The summed E-state index contributed by atoms with van der Waals surface area (Å²) in [6, 6.07) is 12.4. The van der Waals surface area contributed by atoms with E-state index in [1.54, 1.807) is 4.68 Å². The summed E-state index contributed by atoms with van der Waals surface area (Å²) in [5.74, 6) is 0.834. The number of nitrogens with zero attached hydrogens (tertiary/aromatic N) is 7.